The standard InChI is InChI=1S/C12H14BrN3O4/c13-9-2-1-8(5-10(9)16(18)19)6-15-3-4-20-11(7-15)12(14)17/h1-2,5,11H,3-4,6-7H2,(H2,14,17)/t11-/m0/s1. The molecule has 2 N–H and O–H groups in total. The lowest BCUT2D eigenvalue weighted by atomic mass is 10.1. The van der Waals surface area contributed by atoms with Crippen molar-refractivity contribution in [3.63, 3.8) is 0 Å². The molecule has 0 aromatic heterocycles. The molecule has 0 aliphatic carbocycles. The van der Waals surface area contributed by atoms with E-state index in [1.807, 2.05) is 11.0 Å². The molecule has 0 bridgehead atoms. The predicted octanol–water partition coefficient (Wildman–Crippen LogP) is 1.04. The number of benzene rings is 1. The first-order valence-electron chi connectivity index (χ1n) is 6.03. The quantitative estimate of drug-likeness (QED) is 0.650. The fourth-order valence-corrected chi connectivity index (χ4v) is 2.46. The van der Waals surface area contributed by atoms with E-state index in [9.17, 15) is 14.9 Å². The summed E-state index contributed by atoms with van der Waals surface area (Å²) in [5, 5.41) is 10.9. The minimum Gasteiger partial charge on any atom is -0.367 e. The molecular weight excluding hydrogens is 330 g/mol. The molecule has 1 aliphatic rings. The smallest absolute Gasteiger partial charge is 0.283 e. The van der Waals surface area contributed by atoms with Crippen molar-refractivity contribution in [1.29, 1.82) is 0 Å². The zero-order valence-electron chi connectivity index (χ0n) is 10.6. The normalized spacial score (nSPS) is 19.8. The van der Waals surface area contributed by atoms with Gasteiger partial charge in [-0.05, 0) is 27.6 Å². The van der Waals surface area contributed by atoms with Crippen LogP contribution in [0.4, 0.5) is 5.69 Å². The number of carbonyl (C=O) groups excluding carboxylic acids is 1. The van der Waals surface area contributed by atoms with Crippen LogP contribution in [0.2, 0.25) is 0 Å². The van der Waals surface area contributed by atoms with Crippen molar-refractivity contribution < 1.29 is 14.5 Å². The molecule has 20 heavy (non-hydrogen) atoms. The molecule has 0 unspecified atom stereocenters. The Morgan fingerprint density at radius 1 is 1.60 bits per heavy atom. The summed E-state index contributed by atoms with van der Waals surface area (Å²) >= 11 is 3.15. The van der Waals surface area contributed by atoms with Crippen molar-refractivity contribution in [3.05, 3.63) is 38.3 Å². The van der Waals surface area contributed by atoms with E-state index in [1.165, 1.54) is 6.07 Å². The second-order valence-corrected chi connectivity index (χ2v) is 5.39. The lowest BCUT2D eigenvalue weighted by Crippen LogP contribution is -2.47. The topological polar surface area (TPSA) is 98.7 Å². The molecule has 0 saturated carbocycles. The van der Waals surface area contributed by atoms with Gasteiger partial charge in [-0.15, -0.1) is 0 Å². The number of hydrogen-bond acceptors (Lipinski definition) is 5. The summed E-state index contributed by atoms with van der Waals surface area (Å²) in [5.41, 5.74) is 6.06. The van der Waals surface area contributed by atoms with Crippen LogP contribution in [0.3, 0.4) is 0 Å². The van der Waals surface area contributed by atoms with Crippen LogP contribution >= 0.6 is 15.9 Å². The highest BCUT2D eigenvalue weighted by molar-refractivity contribution is 9.10. The predicted molar refractivity (Wildman–Crippen MR) is 75.0 cm³/mol. The summed E-state index contributed by atoms with van der Waals surface area (Å²) in [6.45, 7) is 2.00. The van der Waals surface area contributed by atoms with Gasteiger partial charge in [0.2, 0.25) is 5.91 Å². The SMILES string of the molecule is NC(=O)[C@@H]1CN(Cc2ccc(Br)c([N+](=O)[O-])c2)CCO1. The van der Waals surface area contributed by atoms with Gasteiger partial charge in [0.1, 0.15) is 6.10 Å². The average Bonchev–Trinajstić information content (AvgIpc) is 2.41. The molecule has 1 amide bonds. The van der Waals surface area contributed by atoms with Crippen LogP contribution in [0.5, 0.6) is 0 Å². The number of halogens is 1. The Morgan fingerprint density at radius 3 is 3.00 bits per heavy atom. The number of hydrogen-bond donors (Lipinski definition) is 1. The Bertz CT molecular complexity index is 537. The van der Waals surface area contributed by atoms with Gasteiger partial charge in [0.25, 0.3) is 5.69 Å². The second kappa shape index (κ2) is 6.29. The van der Waals surface area contributed by atoms with Gasteiger partial charge < -0.3 is 10.5 Å². The first-order chi connectivity index (χ1) is 9.47. The number of ether oxygens (including phenoxy) is 1. The molecule has 1 aromatic carbocycles. The molecular formula is C12H14BrN3O4. The van der Waals surface area contributed by atoms with Crippen LogP contribution in [0, 0.1) is 10.1 Å². The van der Waals surface area contributed by atoms with E-state index in [0.29, 0.717) is 30.7 Å². The summed E-state index contributed by atoms with van der Waals surface area (Å²) in [5.74, 6) is -0.489. The van der Waals surface area contributed by atoms with E-state index >= 15 is 0 Å². The second-order valence-electron chi connectivity index (χ2n) is 4.54. The molecule has 108 valence electrons. The number of primary amides is 1. The number of amides is 1. The van der Waals surface area contributed by atoms with Crippen molar-refractivity contribution >= 4 is 27.5 Å². The number of morpholine rings is 1. The van der Waals surface area contributed by atoms with Crippen LogP contribution in [-0.2, 0) is 16.1 Å². The summed E-state index contributed by atoms with van der Waals surface area (Å²) in [6, 6.07) is 4.99. The number of rotatable bonds is 4. The monoisotopic (exact) mass is 343 g/mol. The number of nitrogens with zero attached hydrogens (tertiary/aromatic N) is 2. The van der Waals surface area contributed by atoms with Crippen molar-refractivity contribution in [1.82, 2.24) is 4.90 Å². The molecule has 0 radical (unpaired) electrons. The van der Waals surface area contributed by atoms with Gasteiger partial charge in [-0.3, -0.25) is 19.8 Å². The van der Waals surface area contributed by atoms with Crippen LogP contribution in [0.15, 0.2) is 22.7 Å². The maximum atomic E-state index is 11.1. The van der Waals surface area contributed by atoms with Crippen LogP contribution in [-0.4, -0.2) is 41.5 Å². The molecule has 1 saturated heterocycles. The van der Waals surface area contributed by atoms with Gasteiger partial charge in [0.05, 0.1) is 16.0 Å². The van der Waals surface area contributed by atoms with Crippen molar-refractivity contribution in [3.8, 4) is 0 Å². The van der Waals surface area contributed by atoms with Gasteiger partial charge >= 0.3 is 0 Å². The number of nitrogens with two attached hydrogens (primary N) is 1. The number of nitro benzene ring substituents is 1. The minimum atomic E-state index is -0.616. The van der Waals surface area contributed by atoms with Gasteiger partial charge in [-0.2, -0.15) is 0 Å². The molecule has 8 heteroatoms. The van der Waals surface area contributed by atoms with Crippen LogP contribution < -0.4 is 5.73 Å². The molecule has 1 heterocycles. The van der Waals surface area contributed by atoms with Crippen LogP contribution in [0.1, 0.15) is 5.56 Å². The van der Waals surface area contributed by atoms with Gasteiger partial charge in [0.15, 0.2) is 0 Å². The third-order valence-corrected chi connectivity index (χ3v) is 3.75. The van der Waals surface area contributed by atoms with Crippen molar-refractivity contribution in [2.75, 3.05) is 19.7 Å². The molecule has 1 atom stereocenters. The molecule has 1 aliphatic heterocycles. The summed E-state index contributed by atoms with van der Waals surface area (Å²) in [7, 11) is 0. The zero-order chi connectivity index (χ0) is 14.7. The fraction of sp³-hybridized carbons (Fsp3) is 0.417. The molecule has 1 fully saturated rings. The Balaban J connectivity index is 2.08. The molecule has 1 aromatic rings. The summed E-state index contributed by atoms with van der Waals surface area (Å²) in [6.07, 6.45) is -0.616. The summed E-state index contributed by atoms with van der Waals surface area (Å²) < 4.78 is 5.70. The average molecular weight is 344 g/mol. The molecule has 2 rings (SSSR count). The highest BCUT2D eigenvalue weighted by Gasteiger charge is 2.25. The Hall–Kier alpha value is -1.51. The number of carbonyl (C=O) groups is 1. The highest BCUT2D eigenvalue weighted by atomic mass is 79.9. The van der Waals surface area contributed by atoms with Crippen molar-refractivity contribution in [2.24, 2.45) is 5.73 Å². The van der Waals surface area contributed by atoms with Gasteiger partial charge in [-0.1, -0.05) is 6.07 Å². The maximum Gasteiger partial charge on any atom is 0.283 e. The maximum absolute atomic E-state index is 11.1. The molecule has 0 spiro atoms. The van der Waals surface area contributed by atoms with E-state index in [-0.39, 0.29) is 5.69 Å². The first kappa shape index (κ1) is 14.9. The van der Waals surface area contributed by atoms with Gasteiger partial charge in [0, 0.05) is 25.7 Å². The van der Waals surface area contributed by atoms with E-state index < -0.39 is 16.9 Å². The van der Waals surface area contributed by atoms with Crippen LogP contribution in [0.25, 0.3) is 0 Å². The molecule has 7 nitrogen and oxygen atoms in total. The highest BCUT2D eigenvalue weighted by Crippen LogP contribution is 2.26. The fourth-order valence-electron chi connectivity index (χ4n) is 2.07. The van der Waals surface area contributed by atoms with E-state index in [2.05, 4.69) is 15.9 Å². The Labute approximate surface area is 124 Å². The Kier molecular flexibility index (Phi) is 4.69. The van der Waals surface area contributed by atoms with E-state index in [4.69, 9.17) is 10.5 Å². The van der Waals surface area contributed by atoms with Crippen molar-refractivity contribution in [2.45, 2.75) is 12.6 Å². The number of nitro groups is 1. The Morgan fingerprint density at radius 2 is 2.35 bits per heavy atom. The van der Waals surface area contributed by atoms with E-state index in [0.717, 1.165) is 5.56 Å². The minimum absolute atomic E-state index is 0.0298. The first-order valence-corrected chi connectivity index (χ1v) is 6.83. The van der Waals surface area contributed by atoms with Gasteiger partial charge in [-0.25, -0.2) is 0 Å². The largest absolute Gasteiger partial charge is 0.367 e. The van der Waals surface area contributed by atoms with E-state index in [1.54, 1.807) is 6.07 Å². The lowest BCUT2D eigenvalue weighted by Gasteiger charge is -2.31. The zero-order valence-corrected chi connectivity index (χ0v) is 12.2. The third kappa shape index (κ3) is 3.53. The third-order valence-electron chi connectivity index (χ3n) is 3.08. The lowest BCUT2D eigenvalue weighted by molar-refractivity contribution is -0.385. The summed E-state index contributed by atoms with van der Waals surface area (Å²) in [4.78, 5) is 23.6.